The van der Waals surface area contributed by atoms with E-state index >= 15 is 0 Å². The van der Waals surface area contributed by atoms with Gasteiger partial charge in [-0.1, -0.05) is 43.3 Å². The van der Waals surface area contributed by atoms with Gasteiger partial charge in [-0.05, 0) is 36.6 Å². The van der Waals surface area contributed by atoms with Crippen molar-refractivity contribution in [2.24, 2.45) is 0 Å². The maximum atomic E-state index is 12.8. The van der Waals surface area contributed by atoms with Gasteiger partial charge in [0.1, 0.15) is 0 Å². The molecular weight excluding hydrogens is 390 g/mol. The number of carbonyl (C=O) groups excluding carboxylic acids is 1. The minimum atomic E-state index is -0.110. The summed E-state index contributed by atoms with van der Waals surface area (Å²) in [5.41, 5.74) is 2.52. The van der Waals surface area contributed by atoms with Gasteiger partial charge >= 0.3 is 0 Å². The highest BCUT2D eigenvalue weighted by Crippen LogP contribution is 2.32. The summed E-state index contributed by atoms with van der Waals surface area (Å²) in [6.07, 6.45) is 1.01. The molecule has 1 saturated heterocycles. The molecule has 2 heterocycles. The second-order valence-corrected chi connectivity index (χ2v) is 8.44. The zero-order valence-corrected chi connectivity index (χ0v) is 18.5. The Morgan fingerprint density at radius 3 is 2.52 bits per heavy atom. The quantitative estimate of drug-likeness (QED) is 0.707. The lowest BCUT2D eigenvalue weighted by molar-refractivity contribution is -0.126. The number of nitrogens with one attached hydrogen (secondary N) is 1. The third-order valence-electron chi connectivity index (χ3n) is 6.46. The highest BCUT2D eigenvalue weighted by molar-refractivity contribution is 5.81. The van der Waals surface area contributed by atoms with E-state index in [2.05, 4.69) is 58.4 Å². The highest BCUT2D eigenvalue weighted by Gasteiger charge is 2.26. The number of benzene rings is 2. The Morgan fingerprint density at radius 2 is 1.77 bits per heavy atom. The molecule has 1 fully saturated rings. The molecule has 2 aromatic carbocycles. The Balaban J connectivity index is 1.23. The Bertz CT molecular complexity index is 866. The normalized spacial score (nSPS) is 18.5. The molecule has 166 valence electrons. The van der Waals surface area contributed by atoms with Gasteiger partial charge in [0, 0.05) is 45.2 Å². The Morgan fingerprint density at radius 1 is 1.03 bits per heavy atom. The number of carbonyl (C=O) groups is 1. The van der Waals surface area contributed by atoms with Gasteiger partial charge in [-0.25, -0.2) is 0 Å². The van der Waals surface area contributed by atoms with Gasteiger partial charge in [-0.15, -0.1) is 0 Å². The van der Waals surface area contributed by atoms with Gasteiger partial charge in [-0.3, -0.25) is 14.6 Å². The molecule has 6 heteroatoms. The molecule has 0 radical (unpaired) electrons. The summed E-state index contributed by atoms with van der Waals surface area (Å²) < 4.78 is 10.9. The van der Waals surface area contributed by atoms with E-state index in [4.69, 9.17) is 9.47 Å². The SMILES string of the molecule is CC[C@@H](CNC(=O)[C@@H](C)N1CCN(Cc2ccc3c(c2)OCO3)CC1)c1ccccc1. The van der Waals surface area contributed by atoms with Crippen LogP contribution in [0.1, 0.15) is 37.3 Å². The Kier molecular flexibility index (Phi) is 7.10. The van der Waals surface area contributed by atoms with E-state index in [-0.39, 0.29) is 11.9 Å². The van der Waals surface area contributed by atoms with Crippen LogP contribution < -0.4 is 14.8 Å². The molecule has 2 aliphatic rings. The number of hydrogen-bond acceptors (Lipinski definition) is 5. The molecule has 31 heavy (non-hydrogen) atoms. The van der Waals surface area contributed by atoms with E-state index in [0.29, 0.717) is 19.3 Å². The van der Waals surface area contributed by atoms with Crippen molar-refractivity contribution in [1.82, 2.24) is 15.1 Å². The molecule has 2 atom stereocenters. The molecule has 0 bridgehead atoms. The van der Waals surface area contributed by atoms with Gasteiger partial charge in [0.15, 0.2) is 11.5 Å². The van der Waals surface area contributed by atoms with Crippen molar-refractivity contribution in [2.45, 2.75) is 38.8 Å². The van der Waals surface area contributed by atoms with Crippen LogP contribution in [0.25, 0.3) is 0 Å². The molecule has 2 aromatic rings. The molecule has 1 amide bonds. The monoisotopic (exact) mass is 423 g/mol. The van der Waals surface area contributed by atoms with Crippen molar-refractivity contribution < 1.29 is 14.3 Å². The molecule has 1 N–H and O–H groups in total. The summed E-state index contributed by atoms with van der Waals surface area (Å²) in [5.74, 6) is 2.14. The average molecular weight is 424 g/mol. The van der Waals surface area contributed by atoms with Crippen LogP contribution in [0, 0.1) is 0 Å². The highest BCUT2D eigenvalue weighted by atomic mass is 16.7. The van der Waals surface area contributed by atoms with Crippen molar-refractivity contribution in [3.05, 3.63) is 59.7 Å². The van der Waals surface area contributed by atoms with Crippen LogP contribution in [0.5, 0.6) is 11.5 Å². The summed E-state index contributed by atoms with van der Waals surface area (Å²) in [5, 5.41) is 3.18. The summed E-state index contributed by atoms with van der Waals surface area (Å²) in [7, 11) is 0. The first-order chi connectivity index (χ1) is 15.1. The molecule has 4 rings (SSSR count). The van der Waals surface area contributed by atoms with Gasteiger partial charge in [0.05, 0.1) is 6.04 Å². The second-order valence-electron chi connectivity index (χ2n) is 8.44. The maximum absolute atomic E-state index is 12.8. The predicted octanol–water partition coefficient (Wildman–Crippen LogP) is 3.23. The van der Waals surface area contributed by atoms with Gasteiger partial charge in [-0.2, -0.15) is 0 Å². The molecule has 6 nitrogen and oxygen atoms in total. The van der Waals surface area contributed by atoms with E-state index in [1.165, 1.54) is 11.1 Å². The van der Waals surface area contributed by atoms with Crippen LogP contribution in [-0.2, 0) is 11.3 Å². The van der Waals surface area contributed by atoms with Crippen LogP contribution >= 0.6 is 0 Å². The van der Waals surface area contributed by atoms with E-state index in [0.717, 1.165) is 50.6 Å². The third-order valence-corrected chi connectivity index (χ3v) is 6.46. The van der Waals surface area contributed by atoms with E-state index in [1.54, 1.807) is 0 Å². The van der Waals surface area contributed by atoms with Crippen LogP contribution in [0.2, 0.25) is 0 Å². The Labute approximate surface area is 185 Å². The first kappa shape index (κ1) is 21.7. The van der Waals surface area contributed by atoms with Crippen molar-refractivity contribution in [1.29, 1.82) is 0 Å². The molecule has 0 aromatic heterocycles. The first-order valence-corrected chi connectivity index (χ1v) is 11.3. The number of ether oxygens (including phenoxy) is 2. The molecule has 0 unspecified atom stereocenters. The zero-order chi connectivity index (χ0) is 21.6. The summed E-state index contributed by atoms with van der Waals surface area (Å²) in [6.45, 7) is 9.78. The van der Waals surface area contributed by atoms with E-state index in [1.807, 2.05) is 19.1 Å². The molecular formula is C25H33N3O3. The Hall–Kier alpha value is -2.57. The number of piperazine rings is 1. The smallest absolute Gasteiger partial charge is 0.237 e. The summed E-state index contributed by atoms with van der Waals surface area (Å²) in [4.78, 5) is 17.5. The summed E-state index contributed by atoms with van der Waals surface area (Å²) in [6, 6.07) is 16.5. The molecule has 2 aliphatic heterocycles. The molecule has 0 spiro atoms. The maximum Gasteiger partial charge on any atom is 0.237 e. The lowest BCUT2D eigenvalue weighted by Crippen LogP contribution is -2.53. The lowest BCUT2D eigenvalue weighted by atomic mass is 9.96. The number of hydrogen-bond donors (Lipinski definition) is 1. The predicted molar refractivity (Wildman–Crippen MR) is 121 cm³/mol. The molecule has 0 saturated carbocycles. The van der Waals surface area contributed by atoms with Crippen LogP contribution in [0.15, 0.2) is 48.5 Å². The fourth-order valence-corrected chi connectivity index (χ4v) is 4.37. The van der Waals surface area contributed by atoms with E-state index in [9.17, 15) is 4.79 Å². The first-order valence-electron chi connectivity index (χ1n) is 11.3. The average Bonchev–Trinajstić information content (AvgIpc) is 3.28. The second kappa shape index (κ2) is 10.2. The van der Waals surface area contributed by atoms with Gasteiger partial charge in [0.25, 0.3) is 0 Å². The standard InChI is InChI=1S/C25H33N3O3/c1-3-21(22-7-5-4-6-8-22)16-26-25(29)19(2)28-13-11-27(12-14-28)17-20-9-10-23-24(15-20)31-18-30-23/h4-10,15,19,21H,3,11-14,16-18H2,1-2H3,(H,26,29)/t19-,21+/m1/s1. The minimum absolute atomic E-state index is 0.110. The fourth-order valence-electron chi connectivity index (χ4n) is 4.37. The van der Waals surface area contributed by atoms with Crippen molar-refractivity contribution in [2.75, 3.05) is 39.5 Å². The number of fused-ring (bicyclic) bond motifs is 1. The topological polar surface area (TPSA) is 54.0 Å². The zero-order valence-electron chi connectivity index (χ0n) is 18.5. The third kappa shape index (κ3) is 5.38. The lowest BCUT2D eigenvalue weighted by Gasteiger charge is -2.37. The van der Waals surface area contributed by atoms with Crippen molar-refractivity contribution >= 4 is 5.91 Å². The number of amides is 1. The minimum Gasteiger partial charge on any atom is -0.454 e. The largest absolute Gasteiger partial charge is 0.454 e. The number of rotatable bonds is 8. The fraction of sp³-hybridized carbons (Fsp3) is 0.480. The van der Waals surface area contributed by atoms with Crippen molar-refractivity contribution in [3.8, 4) is 11.5 Å². The van der Waals surface area contributed by atoms with Crippen LogP contribution in [0.3, 0.4) is 0 Å². The molecule has 0 aliphatic carbocycles. The van der Waals surface area contributed by atoms with Crippen LogP contribution in [0.4, 0.5) is 0 Å². The van der Waals surface area contributed by atoms with Crippen molar-refractivity contribution in [3.63, 3.8) is 0 Å². The van der Waals surface area contributed by atoms with Gasteiger partial charge in [0.2, 0.25) is 12.7 Å². The van der Waals surface area contributed by atoms with Gasteiger partial charge < -0.3 is 14.8 Å². The summed E-state index contributed by atoms with van der Waals surface area (Å²) >= 11 is 0. The van der Waals surface area contributed by atoms with E-state index < -0.39 is 0 Å². The van der Waals surface area contributed by atoms with Crippen LogP contribution in [-0.4, -0.2) is 61.3 Å². The number of nitrogens with zero attached hydrogens (tertiary/aromatic N) is 2.